The molecule has 2 rings (SSSR count). The van der Waals surface area contributed by atoms with Crippen molar-refractivity contribution in [1.82, 2.24) is 15.3 Å². The van der Waals surface area contributed by atoms with Crippen LogP contribution >= 0.6 is 15.9 Å². The molecular weight excluding hydrogens is 310 g/mol. The fourth-order valence-corrected chi connectivity index (χ4v) is 2.13. The van der Waals surface area contributed by atoms with E-state index in [-0.39, 0.29) is 11.8 Å². The van der Waals surface area contributed by atoms with Gasteiger partial charge >= 0.3 is 0 Å². The Hall–Kier alpha value is -1.37. The first-order valence-electron chi connectivity index (χ1n) is 6.48. The smallest absolute Gasteiger partial charge is 0.223 e. The molecule has 0 radical (unpaired) electrons. The summed E-state index contributed by atoms with van der Waals surface area (Å²) in [6.45, 7) is 4.05. The van der Waals surface area contributed by atoms with Gasteiger partial charge in [-0.25, -0.2) is 9.97 Å². The van der Waals surface area contributed by atoms with Crippen molar-refractivity contribution in [3.8, 4) is 0 Å². The highest BCUT2D eigenvalue weighted by atomic mass is 79.9. The van der Waals surface area contributed by atoms with E-state index in [1.807, 2.05) is 6.92 Å². The first-order valence-corrected chi connectivity index (χ1v) is 7.27. The van der Waals surface area contributed by atoms with E-state index in [2.05, 4.69) is 41.8 Å². The zero-order valence-corrected chi connectivity index (χ0v) is 12.5. The van der Waals surface area contributed by atoms with E-state index in [0.717, 1.165) is 35.5 Å². The zero-order chi connectivity index (χ0) is 13.7. The van der Waals surface area contributed by atoms with Gasteiger partial charge in [-0.15, -0.1) is 0 Å². The molecule has 19 heavy (non-hydrogen) atoms. The first-order chi connectivity index (χ1) is 9.22. The van der Waals surface area contributed by atoms with Gasteiger partial charge in [0.15, 0.2) is 0 Å². The summed E-state index contributed by atoms with van der Waals surface area (Å²) in [7, 11) is 0. The molecule has 104 valence electrons. The maximum absolute atomic E-state index is 11.4. The van der Waals surface area contributed by atoms with Crippen LogP contribution in [0.15, 0.2) is 10.8 Å². The van der Waals surface area contributed by atoms with Crippen molar-refractivity contribution in [2.75, 3.05) is 30.3 Å². The predicted octanol–water partition coefficient (Wildman–Crippen LogP) is 1.61. The predicted molar refractivity (Wildman–Crippen MR) is 78.1 cm³/mol. The van der Waals surface area contributed by atoms with Crippen molar-refractivity contribution in [2.45, 2.75) is 19.8 Å². The molecule has 0 unspecified atom stereocenters. The third-order valence-electron chi connectivity index (χ3n) is 2.80. The van der Waals surface area contributed by atoms with Gasteiger partial charge in [0.2, 0.25) is 5.91 Å². The number of aromatic nitrogens is 2. The van der Waals surface area contributed by atoms with Crippen LogP contribution in [0.4, 0.5) is 11.6 Å². The molecule has 0 atom stereocenters. The fraction of sp³-hybridized carbons (Fsp3) is 0.583. The van der Waals surface area contributed by atoms with Crippen LogP contribution in [0.2, 0.25) is 0 Å². The highest BCUT2D eigenvalue weighted by molar-refractivity contribution is 9.10. The summed E-state index contributed by atoms with van der Waals surface area (Å²) in [6, 6.07) is 0. The van der Waals surface area contributed by atoms with Gasteiger partial charge in [-0.3, -0.25) is 4.79 Å². The van der Waals surface area contributed by atoms with E-state index in [9.17, 15) is 4.79 Å². The van der Waals surface area contributed by atoms with Crippen LogP contribution in [-0.4, -0.2) is 35.5 Å². The number of hydrogen-bond acceptors (Lipinski definition) is 5. The van der Waals surface area contributed by atoms with Crippen molar-refractivity contribution in [3.63, 3.8) is 0 Å². The summed E-state index contributed by atoms with van der Waals surface area (Å²) in [5, 5.41) is 9.21. The van der Waals surface area contributed by atoms with E-state index in [0.29, 0.717) is 13.1 Å². The minimum atomic E-state index is 0.164. The molecule has 1 heterocycles. The molecule has 0 bridgehead atoms. The normalized spacial score (nSPS) is 14.0. The third kappa shape index (κ3) is 4.05. The van der Waals surface area contributed by atoms with Gasteiger partial charge < -0.3 is 16.0 Å². The molecule has 7 heteroatoms. The van der Waals surface area contributed by atoms with Gasteiger partial charge in [0.1, 0.15) is 22.4 Å². The van der Waals surface area contributed by atoms with E-state index in [1.165, 1.54) is 6.33 Å². The summed E-state index contributed by atoms with van der Waals surface area (Å²) >= 11 is 3.46. The summed E-state index contributed by atoms with van der Waals surface area (Å²) < 4.78 is 0.811. The van der Waals surface area contributed by atoms with Gasteiger partial charge in [0.05, 0.1) is 0 Å². The monoisotopic (exact) mass is 327 g/mol. The van der Waals surface area contributed by atoms with E-state index < -0.39 is 0 Å². The lowest BCUT2D eigenvalue weighted by atomic mass is 10.4. The number of anilines is 2. The molecule has 1 fully saturated rings. The molecule has 1 aromatic rings. The van der Waals surface area contributed by atoms with Crippen LogP contribution < -0.4 is 16.0 Å². The molecule has 0 saturated heterocycles. The second-order valence-electron chi connectivity index (χ2n) is 4.41. The van der Waals surface area contributed by atoms with E-state index in [4.69, 9.17) is 0 Å². The summed E-state index contributed by atoms with van der Waals surface area (Å²) in [5.74, 6) is 1.91. The van der Waals surface area contributed by atoms with Crippen LogP contribution in [0, 0.1) is 5.92 Å². The minimum Gasteiger partial charge on any atom is -0.369 e. The summed E-state index contributed by atoms with van der Waals surface area (Å²) in [6.07, 6.45) is 3.57. The lowest BCUT2D eigenvalue weighted by Crippen LogP contribution is -2.30. The van der Waals surface area contributed by atoms with Crippen LogP contribution in [0.3, 0.4) is 0 Å². The van der Waals surface area contributed by atoms with Crippen LogP contribution in [0.5, 0.6) is 0 Å². The zero-order valence-electron chi connectivity index (χ0n) is 10.9. The SMILES string of the molecule is CCNc1ncnc(NCCNC(=O)C2CC2)c1Br. The van der Waals surface area contributed by atoms with E-state index >= 15 is 0 Å². The number of amides is 1. The fourth-order valence-electron chi connectivity index (χ4n) is 1.64. The lowest BCUT2D eigenvalue weighted by molar-refractivity contribution is -0.122. The quantitative estimate of drug-likeness (QED) is 0.663. The molecule has 1 aliphatic carbocycles. The lowest BCUT2D eigenvalue weighted by Gasteiger charge is -2.11. The standard InChI is InChI=1S/C12H18BrN5O/c1-2-14-10-9(13)11(18-7-17-10)15-5-6-16-12(19)8-3-4-8/h7-8H,2-6H2,1H3,(H,16,19)(H2,14,15,17,18). The van der Waals surface area contributed by atoms with Crippen molar-refractivity contribution < 1.29 is 4.79 Å². The molecule has 1 saturated carbocycles. The van der Waals surface area contributed by atoms with Gasteiger partial charge in [0.25, 0.3) is 0 Å². The number of nitrogens with zero attached hydrogens (tertiary/aromatic N) is 2. The van der Waals surface area contributed by atoms with Crippen molar-refractivity contribution in [1.29, 1.82) is 0 Å². The molecule has 0 aromatic carbocycles. The van der Waals surface area contributed by atoms with Gasteiger partial charge in [-0.2, -0.15) is 0 Å². The van der Waals surface area contributed by atoms with Crippen LogP contribution in [-0.2, 0) is 4.79 Å². The van der Waals surface area contributed by atoms with Gasteiger partial charge in [-0.1, -0.05) is 0 Å². The second kappa shape index (κ2) is 6.70. The van der Waals surface area contributed by atoms with Crippen LogP contribution in [0.1, 0.15) is 19.8 Å². The average molecular weight is 328 g/mol. The summed E-state index contributed by atoms with van der Waals surface area (Å²) in [4.78, 5) is 19.7. The number of hydrogen-bond donors (Lipinski definition) is 3. The third-order valence-corrected chi connectivity index (χ3v) is 3.55. The molecular formula is C12H18BrN5O. The molecule has 6 nitrogen and oxygen atoms in total. The largest absolute Gasteiger partial charge is 0.369 e. The van der Waals surface area contributed by atoms with Crippen molar-refractivity contribution in [2.24, 2.45) is 5.92 Å². The Morgan fingerprint density at radius 3 is 2.63 bits per heavy atom. The van der Waals surface area contributed by atoms with Crippen LogP contribution in [0.25, 0.3) is 0 Å². The Labute approximate surface area is 120 Å². The maximum Gasteiger partial charge on any atom is 0.223 e. The molecule has 0 aliphatic heterocycles. The number of rotatable bonds is 7. The molecule has 0 spiro atoms. The molecule has 1 amide bonds. The Bertz CT molecular complexity index is 450. The maximum atomic E-state index is 11.4. The molecule has 3 N–H and O–H groups in total. The Balaban J connectivity index is 1.78. The number of halogens is 1. The second-order valence-corrected chi connectivity index (χ2v) is 5.20. The Morgan fingerprint density at radius 1 is 1.32 bits per heavy atom. The number of nitrogens with one attached hydrogen (secondary N) is 3. The van der Waals surface area contributed by atoms with Gasteiger partial charge in [0, 0.05) is 25.6 Å². The molecule has 1 aliphatic rings. The molecule has 1 aromatic heterocycles. The average Bonchev–Trinajstić information content (AvgIpc) is 3.23. The highest BCUT2D eigenvalue weighted by Gasteiger charge is 2.28. The van der Waals surface area contributed by atoms with Gasteiger partial charge in [-0.05, 0) is 35.7 Å². The highest BCUT2D eigenvalue weighted by Crippen LogP contribution is 2.28. The van der Waals surface area contributed by atoms with Crippen molar-refractivity contribution >= 4 is 33.5 Å². The van der Waals surface area contributed by atoms with Crippen molar-refractivity contribution in [3.05, 3.63) is 10.8 Å². The Kier molecular flexibility index (Phi) is 4.95. The minimum absolute atomic E-state index is 0.164. The van der Waals surface area contributed by atoms with E-state index in [1.54, 1.807) is 0 Å². The Morgan fingerprint density at radius 2 is 2.00 bits per heavy atom. The summed E-state index contributed by atoms with van der Waals surface area (Å²) in [5.41, 5.74) is 0. The number of carbonyl (C=O) groups is 1. The topological polar surface area (TPSA) is 78.9 Å². The first kappa shape index (κ1) is 14.0. The number of carbonyl (C=O) groups excluding carboxylic acids is 1.